The van der Waals surface area contributed by atoms with Gasteiger partial charge in [-0.15, -0.1) is 0 Å². The van der Waals surface area contributed by atoms with E-state index in [1.807, 2.05) is 42.5 Å². The van der Waals surface area contributed by atoms with Crippen LogP contribution in [-0.2, 0) is 0 Å². The summed E-state index contributed by atoms with van der Waals surface area (Å²) in [5, 5.41) is 1.68. The number of fused-ring (bicyclic) bond motifs is 2. The van der Waals surface area contributed by atoms with Gasteiger partial charge in [0.25, 0.3) is 11.8 Å². The Morgan fingerprint density at radius 3 is 1.81 bits per heavy atom. The summed E-state index contributed by atoms with van der Waals surface area (Å²) >= 11 is 24.5. The molecule has 2 amide bonds. The van der Waals surface area contributed by atoms with E-state index in [1.165, 1.54) is 0 Å². The van der Waals surface area contributed by atoms with Crippen molar-refractivity contribution in [3.05, 3.63) is 97.9 Å². The minimum absolute atomic E-state index is 0.0628. The van der Waals surface area contributed by atoms with Gasteiger partial charge < -0.3 is 4.74 Å². The zero-order valence-corrected chi connectivity index (χ0v) is 19.1. The molecule has 32 heavy (non-hydrogen) atoms. The third-order valence-electron chi connectivity index (χ3n) is 5.17. The van der Waals surface area contributed by atoms with Gasteiger partial charge in [0, 0.05) is 5.39 Å². The van der Waals surface area contributed by atoms with Crippen LogP contribution in [0.1, 0.15) is 20.7 Å². The maximum Gasteiger partial charge on any atom is 0.267 e. The average molecular weight is 503 g/mol. The van der Waals surface area contributed by atoms with E-state index in [-0.39, 0.29) is 31.2 Å². The molecule has 0 saturated heterocycles. The average Bonchev–Trinajstić information content (AvgIpc) is 3.07. The highest BCUT2D eigenvalue weighted by molar-refractivity contribution is 6.56. The molecular weight excluding hydrogens is 492 g/mol. The number of amides is 2. The predicted octanol–water partition coefficient (Wildman–Crippen LogP) is 8.05. The highest BCUT2D eigenvalue weighted by atomic mass is 35.5. The molecule has 4 aromatic carbocycles. The molecule has 0 spiro atoms. The fraction of sp³-hybridized carbons (Fsp3) is 0. The maximum absolute atomic E-state index is 13.0. The van der Waals surface area contributed by atoms with Crippen LogP contribution >= 0.6 is 46.4 Å². The summed E-state index contributed by atoms with van der Waals surface area (Å²) in [5.74, 6) is -0.0142. The van der Waals surface area contributed by atoms with Gasteiger partial charge in [0.1, 0.15) is 11.5 Å². The molecule has 0 unspecified atom stereocenters. The van der Waals surface area contributed by atoms with Crippen molar-refractivity contribution in [1.29, 1.82) is 0 Å². The molecule has 158 valence electrons. The number of carbonyl (C=O) groups is 2. The molecule has 0 atom stereocenters. The van der Waals surface area contributed by atoms with Gasteiger partial charge in [-0.2, -0.15) is 0 Å². The molecule has 4 nitrogen and oxygen atoms in total. The molecule has 4 aromatic rings. The van der Waals surface area contributed by atoms with Gasteiger partial charge in [0.05, 0.1) is 36.9 Å². The van der Waals surface area contributed by atoms with Crippen molar-refractivity contribution in [2.45, 2.75) is 0 Å². The topological polar surface area (TPSA) is 46.6 Å². The number of halogens is 4. The quantitative estimate of drug-likeness (QED) is 0.162. The molecule has 1 aliphatic heterocycles. The van der Waals surface area contributed by atoms with Gasteiger partial charge >= 0.3 is 0 Å². The van der Waals surface area contributed by atoms with Crippen LogP contribution in [0.4, 0.5) is 5.69 Å². The molecule has 1 aliphatic rings. The van der Waals surface area contributed by atoms with Crippen LogP contribution in [0.2, 0.25) is 20.1 Å². The Labute approximate surface area is 202 Å². The van der Waals surface area contributed by atoms with Gasteiger partial charge in [-0.05, 0) is 35.7 Å². The lowest BCUT2D eigenvalue weighted by Gasteiger charge is -2.15. The zero-order valence-electron chi connectivity index (χ0n) is 16.0. The number of nitrogens with zero attached hydrogens (tertiary/aromatic N) is 1. The zero-order chi connectivity index (χ0) is 22.6. The number of benzene rings is 4. The normalized spacial score (nSPS) is 13.1. The molecule has 0 bridgehead atoms. The number of anilines is 1. The summed E-state index contributed by atoms with van der Waals surface area (Å²) in [4.78, 5) is 27.0. The van der Waals surface area contributed by atoms with Crippen LogP contribution in [0.3, 0.4) is 0 Å². The van der Waals surface area contributed by atoms with Crippen molar-refractivity contribution < 1.29 is 14.3 Å². The van der Waals surface area contributed by atoms with E-state index in [0.29, 0.717) is 17.2 Å². The van der Waals surface area contributed by atoms with Crippen LogP contribution in [-0.4, -0.2) is 11.8 Å². The second-order valence-corrected chi connectivity index (χ2v) is 8.54. The smallest absolute Gasteiger partial charge is 0.267 e. The van der Waals surface area contributed by atoms with Gasteiger partial charge in [-0.25, -0.2) is 4.90 Å². The first-order chi connectivity index (χ1) is 15.4. The van der Waals surface area contributed by atoms with Gasteiger partial charge in [-0.1, -0.05) is 82.8 Å². The molecule has 0 fully saturated rings. The van der Waals surface area contributed by atoms with Crippen LogP contribution in [0, 0.1) is 0 Å². The number of rotatable bonds is 3. The summed E-state index contributed by atoms with van der Waals surface area (Å²) in [6.07, 6.45) is 0. The van der Waals surface area contributed by atoms with Crippen molar-refractivity contribution >= 4 is 74.7 Å². The van der Waals surface area contributed by atoms with Crippen molar-refractivity contribution in [2.24, 2.45) is 0 Å². The monoisotopic (exact) mass is 501 g/mol. The molecule has 0 saturated carbocycles. The van der Waals surface area contributed by atoms with Gasteiger partial charge in [0.2, 0.25) is 0 Å². The Morgan fingerprint density at radius 1 is 0.625 bits per heavy atom. The summed E-state index contributed by atoms with van der Waals surface area (Å²) in [5.41, 5.74) is 0.208. The Morgan fingerprint density at radius 2 is 1.19 bits per heavy atom. The van der Waals surface area contributed by atoms with Crippen molar-refractivity contribution in [2.75, 3.05) is 4.90 Å². The van der Waals surface area contributed by atoms with E-state index in [4.69, 9.17) is 51.1 Å². The van der Waals surface area contributed by atoms with Crippen molar-refractivity contribution in [1.82, 2.24) is 0 Å². The SMILES string of the molecule is O=C1c2c(Cl)c(Cl)c(Cl)c(Cl)c2C(=O)N1c1ccc(Oc2cccc3ccccc23)cc1. The van der Waals surface area contributed by atoms with Crippen molar-refractivity contribution in [3.63, 3.8) is 0 Å². The number of imide groups is 1. The molecular formula is C24H11Cl4NO3. The second-order valence-electron chi connectivity index (χ2n) is 7.02. The largest absolute Gasteiger partial charge is 0.457 e. The maximum atomic E-state index is 13.0. The minimum Gasteiger partial charge on any atom is -0.457 e. The van der Waals surface area contributed by atoms with E-state index in [0.717, 1.165) is 15.7 Å². The highest BCUT2D eigenvalue weighted by Gasteiger charge is 2.42. The molecule has 0 radical (unpaired) electrons. The molecule has 0 aromatic heterocycles. The summed E-state index contributed by atoms with van der Waals surface area (Å²) in [7, 11) is 0. The third-order valence-corrected chi connectivity index (χ3v) is 6.98. The summed E-state index contributed by atoms with van der Waals surface area (Å²) in [6.45, 7) is 0. The van der Waals surface area contributed by atoms with Crippen molar-refractivity contribution in [3.8, 4) is 11.5 Å². The predicted molar refractivity (Wildman–Crippen MR) is 128 cm³/mol. The summed E-state index contributed by atoms with van der Waals surface area (Å²) < 4.78 is 6.03. The molecule has 8 heteroatoms. The van der Waals surface area contributed by atoms with E-state index < -0.39 is 11.8 Å². The van der Waals surface area contributed by atoms with Crippen LogP contribution < -0.4 is 9.64 Å². The lowest BCUT2D eigenvalue weighted by atomic mass is 10.1. The number of carbonyl (C=O) groups excluding carboxylic acids is 2. The molecule has 5 rings (SSSR count). The lowest BCUT2D eigenvalue weighted by molar-refractivity contribution is 0.0926. The van der Waals surface area contributed by atoms with Gasteiger partial charge in [0.15, 0.2) is 0 Å². The Kier molecular flexibility index (Phi) is 5.26. The van der Waals surface area contributed by atoms with E-state index in [9.17, 15) is 9.59 Å². The van der Waals surface area contributed by atoms with Crippen LogP contribution in [0.15, 0.2) is 66.7 Å². The van der Waals surface area contributed by atoms with E-state index >= 15 is 0 Å². The molecule has 1 heterocycles. The first-order valence-corrected chi connectivity index (χ1v) is 10.9. The molecule has 0 aliphatic carbocycles. The second kappa shape index (κ2) is 7.98. The fourth-order valence-corrected chi connectivity index (χ4v) is 4.67. The molecule has 0 N–H and O–H groups in total. The highest BCUT2D eigenvalue weighted by Crippen LogP contribution is 2.45. The summed E-state index contributed by atoms with van der Waals surface area (Å²) in [6, 6.07) is 20.2. The van der Waals surface area contributed by atoms with E-state index in [2.05, 4.69) is 0 Å². The Hall–Kier alpha value is -2.76. The fourth-order valence-electron chi connectivity index (χ4n) is 3.66. The van der Waals surface area contributed by atoms with E-state index in [1.54, 1.807) is 24.3 Å². The third kappa shape index (κ3) is 3.23. The van der Waals surface area contributed by atoms with Gasteiger partial charge in [-0.3, -0.25) is 9.59 Å². The van der Waals surface area contributed by atoms with Crippen LogP contribution in [0.5, 0.6) is 11.5 Å². The minimum atomic E-state index is -0.627. The lowest BCUT2D eigenvalue weighted by Crippen LogP contribution is -2.29. The number of ether oxygens (including phenoxy) is 1. The first kappa shape index (κ1) is 21.1. The van der Waals surface area contributed by atoms with Crippen LogP contribution in [0.25, 0.3) is 10.8 Å². The Balaban J connectivity index is 1.48. The standard InChI is InChI=1S/C24H11Cl4NO3/c25-19-17-18(20(26)22(28)21(19)27)24(31)29(23(17)30)13-8-10-14(11-9-13)32-16-7-3-5-12-4-1-2-6-15(12)16/h1-11H. The first-order valence-electron chi connectivity index (χ1n) is 9.39. The Bertz CT molecular complexity index is 1380. The number of hydrogen-bond acceptors (Lipinski definition) is 3. The number of hydrogen-bond donors (Lipinski definition) is 0.